The van der Waals surface area contributed by atoms with Gasteiger partial charge in [0, 0.05) is 12.1 Å². The van der Waals surface area contributed by atoms with Gasteiger partial charge in [0.15, 0.2) is 0 Å². The lowest BCUT2D eigenvalue weighted by atomic mass is 10.1. The van der Waals surface area contributed by atoms with Crippen molar-refractivity contribution in [2.45, 2.75) is 45.3 Å². The lowest BCUT2D eigenvalue weighted by molar-refractivity contribution is -0.121. The molecule has 0 aromatic carbocycles. The number of carbonyl (C=O) groups excluding carboxylic acids is 1. The minimum atomic E-state index is -0.358. The largest absolute Gasteiger partial charge is 0.391 e. The van der Waals surface area contributed by atoms with Crippen molar-refractivity contribution >= 4 is 5.91 Å². The zero-order valence-corrected chi connectivity index (χ0v) is 9.84. The molecule has 0 radical (unpaired) electrons. The van der Waals surface area contributed by atoms with E-state index in [1.165, 1.54) is 0 Å². The molecular formula is C11H22N2O2. The molecule has 1 amide bonds. The van der Waals surface area contributed by atoms with Gasteiger partial charge in [-0.3, -0.25) is 4.79 Å². The second-order valence-electron chi connectivity index (χ2n) is 5.31. The first-order chi connectivity index (χ1) is 6.88. The van der Waals surface area contributed by atoms with Gasteiger partial charge in [0.05, 0.1) is 12.6 Å². The van der Waals surface area contributed by atoms with Crippen molar-refractivity contribution in [3.8, 4) is 0 Å². The predicted octanol–water partition coefficient (Wildman–Crippen LogP) is 0.262. The Morgan fingerprint density at radius 3 is 2.53 bits per heavy atom. The first-order valence-electron chi connectivity index (χ1n) is 5.58. The zero-order valence-electron chi connectivity index (χ0n) is 9.84. The van der Waals surface area contributed by atoms with E-state index in [4.69, 9.17) is 0 Å². The van der Waals surface area contributed by atoms with Gasteiger partial charge in [0.1, 0.15) is 0 Å². The van der Waals surface area contributed by atoms with Crippen LogP contribution in [0, 0.1) is 5.92 Å². The molecule has 1 unspecified atom stereocenters. The maximum atomic E-state index is 11.4. The Kier molecular flexibility index (Phi) is 4.11. The van der Waals surface area contributed by atoms with Gasteiger partial charge in [-0.15, -0.1) is 0 Å². The number of nitrogens with one attached hydrogen (secondary N) is 2. The van der Waals surface area contributed by atoms with Crippen LogP contribution in [-0.2, 0) is 4.79 Å². The first-order valence-corrected chi connectivity index (χ1v) is 5.58. The van der Waals surface area contributed by atoms with Crippen molar-refractivity contribution < 1.29 is 9.90 Å². The quantitative estimate of drug-likeness (QED) is 0.615. The molecule has 0 aliphatic heterocycles. The molecule has 1 aliphatic carbocycles. The maximum absolute atomic E-state index is 11.4. The van der Waals surface area contributed by atoms with Gasteiger partial charge in [-0.2, -0.15) is 0 Å². The molecule has 4 heteroatoms. The van der Waals surface area contributed by atoms with E-state index in [-0.39, 0.29) is 17.6 Å². The summed E-state index contributed by atoms with van der Waals surface area (Å²) in [5, 5.41) is 15.4. The Hall–Kier alpha value is -0.610. The van der Waals surface area contributed by atoms with Gasteiger partial charge < -0.3 is 15.7 Å². The van der Waals surface area contributed by atoms with Crippen molar-refractivity contribution in [2.24, 2.45) is 5.92 Å². The molecule has 15 heavy (non-hydrogen) atoms. The fourth-order valence-electron chi connectivity index (χ4n) is 1.27. The van der Waals surface area contributed by atoms with Gasteiger partial charge in [-0.05, 0) is 39.5 Å². The number of carbonyl (C=O) groups is 1. The average Bonchev–Trinajstić information content (AvgIpc) is 2.92. The van der Waals surface area contributed by atoms with E-state index in [1.807, 2.05) is 20.8 Å². The standard InChI is InChI=1S/C11H22N2O2/c1-11(2,3)13-7-10(15)12-6-9(14)8-4-5-8/h8-9,13-14H,4-7H2,1-3H3,(H,12,15). The molecule has 4 nitrogen and oxygen atoms in total. The Labute approximate surface area is 91.4 Å². The molecule has 1 rings (SSSR count). The predicted molar refractivity (Wildman–Crippen MR) is 59.5 cm³/mol. The highest BCUT2D eigenvalue weighted by atomic mass is 16.3. The van der Waals surface area contributed by atoms with E-state index in [0.717, 1.165) is 12.8 Å². The van der Waals surface area contributed by atoms with Crippen LogP contribution in [0.2, 0.25) is 0 Å². The van der Waals surface area contributed by atoms with E-state index < -0.39 is 0 Å². The van der Waals surface area contributed by atoms with Crippen LogP contribution in [0.5, 0.6) is 0 Å². The molecule has 1 fully saturated rings. The monoisotopic (exact) mass is 214 g/mol. The molecule has 0 heterocycles. The number of rotatable bonds is 5. The summed E-state index contributed by atoms with van der Waals surface area (Å²) < 4.78 is 0. The summed E-state index contributed by atoms with van der Waals surface area (Å²) >= 11 is 0. The van der Waals surface area contributed by atoms with Gasteiger partial charge in [0.25, 0.3) is 0 Å². The molecule has 0 aromatic rings. The molecule has 1 atom stereocenters. The summed E-state index contributed by atoms with van der Waals surface area (Å²) in [6.07, 6.45) is 1.83. The van der Waals surface area contributed by atoms with Crippen LogP contribution in [0.25, 0.3) is 0 Å². The van der Waals surface area contributed by atoms with Crippen molar-refractivity contribution in [2.75, 3.05) is 13.1 Å². The highest BCUT2D eigenvalue weighted by Crippen LogP contribution is 2.32. The molecule has 0 saturated heterocycles. The van der Waals surface area contributed by atoms with Crippen molar-refractivity contribution in [1.29, 1.82) is 0 Å². The molecule has 88 valence electrons. The van der Waals surface area contributed by atoms with Crippen LogP contribution in [-0.4, -0.2) is 35.7 Å². The summed E-state index contributed by atoms with van der Waals surface area (Å²) in [7, 11) is 0. The Balaban J connectivity index is 2.07. The van der Waals surface area contributed by atoms with Crippen LogP contribution in [0.4, 0.5) is 0 Å². The minimum Gasteiger partial charge on any atom is -0.391 e. The fraction of sp³-hybridized carbons (Fsp3) is 0.909. The second kappa shape index (κ2) is 4.94. The third-order valence-corrected chi connectivity index (χ3v) is 2.45. The van der Waals surface area contributed by atoms with E-state index in [2.05, 4.69) is 10.6 Å². The van der Waals surface area contributed by atoms with Crippen LogP contribution in [0.15, 0.2) is 0 Å². The summed E-state index contributed by atoms with van der Waals surface area (Å²) in [4.78, 5) is 11.4. The van der Waals surface area contributed by atoms with Gasteiger partial charge in [0.2, 0.25) is 5.91 Å². The molecule has 3 N–H and O–H groups in total. The van der Waals surface area contributed by atoms with Gasteiger partial charge in [-0.25, -0.2) is 0 Å². The Morgan fingerprint density at radius 1 is 1.47 bits per heavy atom. The van der Waals surface area contributed by atoms with E-state index in [0.29, 0.717) is 19.0 Å². The van der Waals surface area contributed by atoms with Crippen LogP contribution >= 0.6 is 0 Å². The fourth-order valence-corrected chi connectivity index (χ4v) is 1.27. The maximum Gasteiger partial charge on any atom is 0.234 e. The number of hydrogen-bond acceptors (Lipinski definition) is 3. The van der Waals surface area contributed by atoms with E-state index in [9.17, 15) is 9.90 Å². The normalized spacial score (nSPS) is 18.7. The zero-order chi connectivity index (χ0) is 11.5. The number of aliphatic hydroxyl groups is 1. The SMILES string of the molecule is CC(C)(C)NCC(=O)NCC(O)C1CC1. The summed E-state index contributed by atoms with van der Waals surface area (Å²) in [5.41, 5.74) is -0.0492. The highest BCUT2D eigenvalue weighted by Gasteiger charge is 2.29. The summed E-state index contributed by atoms with van der Waals surface area (Å²) in [6.45, 7) is 6.73. The van der Waals surface area contributed by atoms with Gasteiger partial charge in [-0.1, -0.05) is 0 Å². The molecular weight excluding hydrogens is 192 g/mol. The lowest BCUT2D eigenvalue weighted by Crippen LogP contribution is -2.44. The third kappa shape index (κ3) is 5.74. The van der Waals surface area contributed by atoms with Crippen molar-refractivity contribution in [1.82, 2.24) is 10.6 Å². The smallest absolute Gasteiger partial charge is 0.234 e. The average molecular weight is 214 g/mol. The molecule has 1 aliphatic rings. The Morgan fingerprint density at radius 2 is 2.07 bits per heavy atom. The molecule has 0 bridgehead atoms. The van der Waals surface area contributed by atoms with Crippen LogP contribution in [0.3, 0.4) is 0 Å². The highest BCUT2D eigenvalue weighted by molar-refractivity contribution is 5.78. The molecule has 0 spiro atoms. The summed E-state index contributed by atoms with van der Waals surface area (Å²) in [5.74, 6) is 0.366. The topological polar surface area (TPSA) is 61.4 Å². The van der Waals surface area contributed by atoms with Crippen molar-refractivity contribution in [3.63, 3.8) is 0 Å². The third-order valence-electron chi connectivity index (χ3n) is 2.45. The van der Waals surface area contributed by atoms with Crippen LogP contribution in [0.1, 0.15) is 33.6 Å². The Bertz CT molecular complexity index is 219. The van der Waals surface area contributed by atoms with Crippen molar-refractivity contribution in [3.05, 3.63) is 0 Å². The number of aliphatic hydroxyl groups excluding tert-OH is 1. The van der Waals surface area contributed by atoms with Crippen LogP contribution < -0.4 is 10.6 Å². The summed E-state index contributed by atoms with van der Waals surface area (Å²) in [6, 6.07) is 0. The minimum absolute atomic E-state index is 0.0492. The first kappa shape index (κ1) is 12.5. The van der Waals surface area contributed by atoms with E-state index >= 15 is 0 Å². The number of amides is 1. The van der Waals surface area contributed by atoms with Gasteiger partial charge >= 0.3 is 0 Å². The number of hydrogen-bond donors (Lipinski definition) is 3. The molecule has 1 saturated carbocycles. The lowest BCUT2D eigenvalue weighted by Gasteiger charge is -2.20. The molecule has 0 aromatic heterocycles. The van der Waals surface area contributed by atoms with E-state index in [1.54, 1.807) is 0 Å². The second-order valence-corrected chi connectivity index (χ2v) is 5.31.